The summed E-state index contributed by atoms with van der Waals surface area (Å²) in [6.07, 6.45) is 1.69. The Morgan fingerprint density at radius 2 is 2.19 bits per heavy atom. The number of carbonyl (C=O) groups excluding carboxylic acids is 2. The molecule has 0 unspecified atom stereocenters. The summed E-state index contributed by atoms with van der Waals surface area (Å²) in [7, 11) is 1.29. The van der Waals surface area contributed by atoms with Crippen molar-refractivity contribution in [2.75, 3.05) is 31.6 Å². The number of hydrogen-bond acceptors (Lipinski definition) is 5. The summed E-state index contributed by atoms with van der Waals surface area (Å²) >= 11 is 0. The van der Waals surface area contributed by atoms with Crippen LogP contribution in [-0.2, 0) is 9.53 Å². The molecule has 2 amide bonds. The van der Waals surface area contributed by atoms with Crippen LogP contribution in [0.1, 0.15) is 18.5 Å². The third kappa shape index (κ3) is 4.37. The highest BCUT2D eigenvalue weighted by molar-refractivity contribution is 5.80. The molecule has 0 atom stereocenters. The van der Waals surface area contributed by atoms with E-state index in [4.69, 9.17) is 0 Å². The minimum absolute atomic E-state index is 0.110. The van der Waals surface area contributed by atoms with E-state index in [1.54, 1.807) is 0 Å². The van der Waals surface area contributed by atoms with E-state index < -0.39 is 5.97 Å². The molecular weight excluding hydrogens is 274 g/mol. The maximum absolute atomic E-state index is 11.6. The number of anilines is 1. The fourth-order valence-electron chi connectivity index (χ4n) is 2.28. The minimum Gasteiger partial charge on any atom is -0.468 e. The number of esters is 1. The normalized spacial score (nSPS) is 15.6. The molecule has 8 heteroatoms. The van der Waals surface area contributed by atoms with Crippen LogP contribution in [0.2, 0.25) is 0 Å². The van der Waals surface area contributed by atoms with Gasteiger partial charge in [-0.25, -0.2) is 4.79 Å². The predicted octanol–water partition coefficient (Wildman–Crippen LogP) is 0.159. The summed E-state index contributed by atoms with van der Waals surface area (Å²) in [5, 5.41) is 12.5. The molecule has 0 aliphatic carbocycles. The van der Waals surface area contributed by atoms with Crippen LogP contribution >= 0.6 is 0 Å². The van der Waals surface area contributed by atoms with Crippen LogP contribution in [-0.4, -0.2) is 55.0 Å². The number of carbonyl (C=O) groups is 2. The second-order valence-corrected chi connectivity index (χ2v) is 5.07. The molecule has 0 saturated carbocycles. The van der Waals surface area contributed by atoms with E-state index in [0.29, 0.717) is 0 Å². The van der Waals surface area contributed by atoms with Gasteiger partial charge >= 0.3 is 12.0 Å². The molecule has 1 aromatic heterocycles. The standard InChI is InChI=1S/C13H21N5O3/c1-9-7-11(17-16-9)18-5-3-10(4-6-18)15-13(20)14-8-12(19)21-2/h7,10H,3-6,8H2,1-2H3,(H,16,17)(H2,14,15,20). The van der Waals surface area contributed by atoms with Crippen molar-refractivity contribution < 1.29 is 14.3 Å². The van der Waals surface area contributed by atoms with Crippen molar-refractivity contribution >= 4 is 17.8 Å². The SMILES string of the molecule is COC(=O)CNC(=O)NC1CCN(c2cc(C)[nH]n2)CC1. The zero-order valence-electron chi connectivity index (χ0n) is 12.3. The topological polar surface area (TPSA) is 99.3 Å². The molecule has 0 spiro atoms. The molecule has 8 nitrogen and oxygen atoms in total. The van der Waals surface area contributed by atoms with Crippen molar-refractivity contribution in [2.45, 2.75) is 25.8 Å². The Morgan fingerprint density at radius 3 is 2.76 bits per heavy atom. The highest BCUT2D eigenvalue weighted by Crippen LogP contribution is 2.18. The Hall–Kier alpha value is -2.25. The summed E-state index contributed by atoms with van der Waals surface area (Å²) < 4.78 is 4.46. The number of methoxy groups -OCH3 is 1. The van der Waals surface area contributed by atoms with E-state index in [1.807, 2.05) is 13.0 Å². The number of aromatic nitrogens is 2. The van der Waals surface area contributed by atoms with E-state index in [2.05, 4.69) is 30.5 Å². The summed E-state index contributed by atoms with van der Waals surface area (Å²) in [6.45, 7) is 3.53. The number of rotatable bonds is 4. The number of nitrogens with zero attached hydrogens (tertiary/aromatic N) is 2. The zero-order chi connectivity index (χ0) is 15.2. The Balaban J connectivity index is 1.71. The van der Waals surface area contributed by atoms with Crippen LogP contribution < -0.4 is 15.5 Å². The summed E-state index contributed by atoms with van der Waals surface area (Å²) in [6, 6.07) is 1.78. The maximum Gasteiger partial charge on any atom is 0.325 e. The number of aromatic amines is 1. The number of aryl methyl sites for hydroxylation is 1. The number of nitrogens with one attached hydrogen (secondary N) is 3. The first kappa shape index (κ1) is 15.1. The zero-order valence-corrected chi connectivity index (χ0v) is 12.3. The van der Waals surface area contributed by atoms with Gasteiger partial charge in [0.1, 0.15) is 6.54 Å². The molecule has 0 aromatic carbocycles. The molecule has 0 bridgehead atoms. The van der Waals surface area contributed by atoms with Gasteiger partial charge in [-0.2, -0.15) is 5.10 Å². The van der Waals surface area contributed by atoms with Gasteiger partial charge in [0.15, 0.2) is 5.82 Å². The summed E-state index contributed by atoms with van der Waals surface area (Å²) in [4.78, 5) is 24.7. The van der Waals surface area contributed by atoms with Crippen molar-refractivity contribution in [1.29, 1.82) is 0 Å². The average molecular weight is 295 g/mol. The molecule has 116 valence electrons. The van der Waals surface area contributed by atoms with Gasteiger partial charge in [0, 0.05) is 30.9 Å². The van der Waals surface area contributed by atoms with Crippen LogP contribution in [0, 0.1) is 6.92 Å². The smallest absolute Gasteiger partial charge is 0.325 e. The van der Waals surface area contributed by atoms with Gasteiger partial charge in [0.2, 0.25) is 0 Å². The first-order chi connectivity index (χ1) is 10.1. The molecule has 21 heavy (non-hydrogen) atoms. The minimum atomic E-state index is -0.464. The fourth-order valence-corrected chi connectivity index (χ4v) is 2.28. The van der Waals surface area contributed by atoms with Crippen molar-refractivity contribution in [3.05, 3.63) is 11.8 Å². The van der Waals surface area contributed by atoms with E-state index in [1.165, 1.54) is 7.11 Å². The predicted molar refractivity (Wildman–Crippen MR) is 77.1 cm³/mol. The molecule has 1 aliphatic heterocycles. The molecule has 1 saturated heterocycles. The third-order valence-corrected chi connectivity index (χ3v) is 3.47. The van der Waals surface area contributed by atoms with Gasteiger partial charge < -0.3 is 20.3 Å². The number of H-pyrrole nitrogens is 1. The third-order valence-electron chi connectivity index (χ3n) is 3.47. The summed E-state index contributed by atoms with van der Waals surface area (Å²) in [5.41, 5.74) is 1.03. The fraction of sp³-hybridized carbons (Fsp3) is 0.615. The van der Waals surface area contributed by atoms with Crippen LogP contribution in [0.25, 0.3) is 0 Å². The molecule has 2 heterocycles. The Kier molecular flexibility index (Phi) is 5.02. The van der Waals surface area contributed by atoms with E-state index in [9.17, 15) is 9.59 Å². The molecule has 3 N–H and O–H groups in total. The van der Waals surface area contributed by atoms with Crippen LogP contribution in [0.4, 0.5) is 10.6 Å². The average Bonchev–Trinajstić information content (AvgIpc) is 2.92. The van der Waals surface area contributed by atoms with Crippen molar-refractivity contribution in [1.82, 2.24) is 20.8 Å². The molecule has 1 aliphatic rings. The second-order valence-electron chi connectivity index (χ2n) is 5.07. The monoisotopic (exact) mass is 295 g/mol. The van der Waals surface area contributed by atoms with Crippen molar-refractivity contribution in [3.63, 3.8) is 0 Å². The molecular formula is C13H21N5O3. The lowest BCUT2D eigenvalue weighted by atomic mass is 10.1. The van der Waals surface area contributed by atoms with Crippen LogP contribution in [0.5, 0.6) is 0 Å². The number of urea groups is 1. The molecule has 2 rings (SSSR count). The Labute approximate surface area is 123 Å². The van der Waals surface area contributed by atoms with E-state index in [-0.39, 0.29) is 18.6 Å². The quantitative estimate of drug-likeness (QED) is 0.687. The first-order valence-electron chi connectivity index (χ1n) is 6.96. The molecule has 0 radical (unpaired) electrons. The lowest BCUT2D eigenvalue weighted by Crippen LogP contribution is -2.48. The number of hydrogen-bond donors (Lipinski definition) is 3. The van der Waals surface area contributed by atoms with Gasteiger partial charge in [-0.15, -0.1) is 0 Å². The largest absolute Gasteiger partial charge is 0.468 e. The highest BCUT2D eigenvalue weighted by atomic mass is 16.5. The van der Waals surface area contributed by atoms with E-state index in [0.717, 1.165) is 37.4 Å². The first-order valence-corrected chi connectivity index (χ1v) is 6.96. The lowest BCUT2D eigenvalue weighted by Gasteiger charge is -2.32. The molecule has 1 aromatic rings. The Bertz CT molecular complexity index is 494. The maximum atomic E-state index is 11.6. The van der Waals surface area contributed by atoms with E-state index >= 15 is 0 Å². The Morgan fingerprint density at radius 1 is 1.48 bits per heavy atom. The second kappa shape index (κ2) is 6.96. The highest BCUT2D eigenvalue weighted by Gasteiger charge is 2.22. The van der Waals surface area contributed by atoms with Crippen molar-refractivity contribution in [2.24, 2.45) is 0 Å². The van der Waals surface area contributed by atoms with Crippen molar-refractivity contribution in [3.8, 4) is 0 Å². The van der Waals surface area contributed by atoms with Crippen LogP contribution in [0.15, 0.2) is 6.07 Å². The van der Waals surface area contributed by atoms with Gasteiger partial charge in [0.05, 0.1) is 7.11 Å². The molecule has 1 fully saturated rings. The van der Waals surface area contributed by atoms with Crippen LogP contribution in [0.3, 0.4) is 0 Å². The number of amides is 2. The number of piperidine rings is 1. The van der Waals surface area contributed by atoms with Gasteiger partial charge in [-0.05, 0) is 19.8 Å². The van der Waals surface area contributed by atoms with Gasteiger partial charge in [0.25, 0.3) is 0 Å². The summed E-state index contributed by atoms with van der Waals surface area (Å²) in [5.74, 6) is 0.481. The number of ether oxygens (including phenoxy) is 1. The lowest BCUT2D eigenvalue weighted by molar-refractivity contribution is -0.139. The van der Waals surface area contributed by atoms with Gasteiger partial charge in [-0.3, -0.25) is 9.89 Å². The van der Waals surface area contributed by atoms with Gasteiger partial charge in [-0.1, -0.05) is 0 Å².